The van der Waals surface area contributed by atoms with Crippen LogP contribution in [0.4, 0.5) is 0 Å². The van der Waals surface area contributed by atoms with Gasteiger partial charge in [0.25, 0.3) is 0 Å². The number of cyclic esters (lactones) is 1. The van der Waals surface area contributed by atoms with Gasteiger partial charge in [-0.2, -0.15) is 0 Å². The Balaban J connectivity index is 1.58. The van der Waals surface area contributed by atoms with Gasteiger partial charge in [-0.1, -0.05) is 105 Å². The fourth-order valence-corrected chi connectivity index (χ4v) is 7.56. The van der Waals surface area contributed by atoms with Gasteiger partial charge in [-0.25, -0.2) is 4.79 Å². The number of hydrogen-bond acceptors (Lipinski definition) is 3. The van der Waals surface area contributed by atoms with Crippen LogP contribution in [-0.4, -0.2) is 19.9 Å². The molecule has 0 saturated carbocycles. The van der Waals surface area contributed by atoms with E-state index < -0.39 is 5.60 Å². The van der Waals surface area contributed by atoms with Gasteiger partial charge in [0.2, 0.25) is 5.60 Å². The Labute approximate surface area is 268 Å². The summed E-state index contributed by atoms with van der Waals surface area (Å²) >= 11 is 0. The molecular formula is C41H35N3O2. The van der Waals surface area contributed by atoms with Gasteiger partial charge in [-0.15, -0.1) is 0 Å². The van der Waals surface area contributed by atoms with E-state index in [0.717, 1.165) is 81.4 Å². The monoisotopic (exact) mass is 601 g/mol. The first-order valence-corrected chi connectivity index (χ1v) is 16.2. The lowest BCUT2D eigenvalue weighted by molar-refractivity contribution is 0.0232. The molecule has 46 heavy (non-hydrogen) atoms. The molecule has 1 unspecified atom stereocenters. The smallest absolute Gasteiger partial charge is 0.341 e. The number of esters is 1. The van der Waals surface area contributed by atoms with Crippen LogP contribution in [0.3, 0.4) is 0 Å². The van der Waals surface area contributed by atoms with Crippen molar-refractivity contribution in [1.29, 1.82) is 0 Å². The number of hydrogen-bond donors (Lipinski definition) is 0. The normalized spacial score (nSPS) is 15.8. The summed E-state index contributed by atoms with van der Waals surface area (Å²) in [5.41, 5.74) is 9.13. The molecule has 3 aromatic carbocycles. The van der Waals surface area contributed by atoms with E-state index in [0.29, 0.717) is 11.3 Å². The average molecular weight is 602 g/mol. The van der Waals surface area contributed by atoms with E-state index in [1.54, 1.807) is 6.20 Å². The van der Waals surface area contributed by atoms with Crippen LogP contribution in [0.15, 0.2) is 128 Å². The van der Waals surface area contributed by atoms with E-state index in [1.807, 2.05) is 30.3 Å². The third kappa shape index (κ3) is 4.08. The SMILES string of the molecule is CCCCCn1c(C)c(C2(c3c(-c4ccccc4)c(-c4ccccc4)c4ccccn34)OC(=O)c3cccnc32)c2ccccc21. The molecule has 226 valence electrons. The molecule has 5 heterocycles. The Morgan fingerprint density at radius 2 is 1.41 bits per heavy atom. The molecule has 8 rings (SSSR count). The maximum atomic E-state index is 14.1. The molecule has 1 atom stereocenters. The van der Waals surface area contributed by atoms with Crippen LogP contribution >= 0.6 is 0 Å². The summed E-state index contributed by atoms with van der Waals surface area (Å²) in [5.74, 6) is -0.364. The first kappa shape index (κ1) is 28.1. The summed E-state index contributed by atoms with van der Waals surface area (Å²) in [5, 5.41) is 1.06. The Morgan fingerprint density at radius 3 is 2.17 bits per heavy atom. The summed E-state index contributed by atoms with van der Waals surface area (Å²) in [6.07, 6.45) is 7.23. The fraction of sp³-hybridized carbons (Fsp3) is 0.171. The minimum absolute atomic E-state index is 0.364. The van der Waals surface area contributed by atoms with Gasteiger partial charge in [0.1, 0.15) is 5.69 Å². The zero-order valence-corrected chi connectivity index (χ0v) is 26.1. The summed E-state index contributed by atoms with van der Waals surface area (Å²) in [6, 6.07) is 39.5. The zero-order chi connectivity index (χ0) is 31.3. The second kappa shape index (κ2) is 11.2. The Morgan fingerprint density at radius 1 is 0.739 bits per heavy atom. The average Bonchev–Trinajstić information content (AvgIpc) is 3.71. The highest BCUT2D eigenvalue weighted by atomic mass is 16.6. The van der Waals surface area contributed by atoms with Crippen molar-refractivity contribution in [3.63, 3.8) is 0 Å². The van der Waals surface area contributed by atoms with Gasteiger partial charge in [-0.3, -0.25) is 4.98 Å². The number of ether oxygens (including phenoxy) is 1. The summed E-state index contributed by atoms with van der Waals surface area (Å²) in [6.45, 7) is 5.29. The number of nitrogens with zero attached hydrogens (tertiary/aromatic N) is 3. The molecular weight excluding hydrogens is 566 g/mol. The summed E-state index contributed by atoms with van der Waals surface area (Å²) in [4.78, 5) is 19.1. The second-order valence-electron chi connectivity index (χ2n) is 12.1. The van der Waals surface area contributed by atoms with Crippen LogP contribution in [0.25, 0.3) is 38.7 Å². The first-order valence-electron chi connectivity index (χ1n) is 16.2. The molecule has 5 heteroatoms. The fourth-order valence-electron chi connectivity index (χ4n) is 7.56. The van der Waals surface area contributed by atoms with Crippen LogP contribution < -0.4 is 0 Å². The third-order valence-electron chi connectivity index (χ3n) is 9.48. The van der Waals surface area contributed by atoms with Gasteiger partial charge in [0.05, 0.1) is 16.8 Å². The van der Waals surface area contributed by atoms with E-state index >= 15 is 0 Å². The lowest BCUT2D eigenvalue weighted by Gasteiger charge is -2.31. The molecule has 5 nitrogen and oxygen atoms in total. The zero-order valence-electron chi connectivity index (χ0n) is 26.1. The molecule has 0 spiro atoms. The molecule has 0 amide bonds. The predicted molar refractivity (Wildman–Crippen MR) is 184 cm³/mol. The Bertz CT molecular complexity index is 2230. The maximum absolute atomic E-state index is 14.1. The van der Waals surface area contributed by atoms with Crippen molar-refractivity contribution >= 4 is 22.4 Å². The molecule has 0 aliphatic carbocycles. The highest BCUT2D eigenvalue weighted by molar-refractivity contribution is 6.02. The first-order chi connectivity index (χ1) is 22.6. The van der Waals surface area contributed by atoms with Gasteiger partial charge in [-0.05, 0) is 54.8 Å². The molecule has 4 aromatic heterocycles. The van der Waals surface area contributed by atoms with Gasteiger partial charge in [0, 0.05) is 52.2 Å². The lowest BCUT2D eigenvalue weighted by atomic mass is 9.80. The molecule has 0 bridgehead atoms. The number of carbonyl (C=O) groups excluding carboxylic acids is 1. The quantitative estimate of drug-likeness (QED) is 0.129. The lowest BCUT2D eigenvalue weighted by Crippen LogP contribution is -2.33. The molecule has 0 saturated heterocycles. The molecule has 0 N–H and O–H groups in total. The number of aryl methyl sites for hydroxylation is 1. The standard InChI is InChI=1S/C41H35N3O2/c1-3-4-14-26-43-28(2)37(31-21-11-12-23-33(31)43)41(38-32(40(45)46-41)22-16-25-42-38)39-36(30-19-9-6-10-20-30)35(29-17-7-5-8-18-29)34-24-13-15-27-44(34)39/h5-13,15-25,27H,3-4,14,26H2,1-2H3. The highest BCUT2D eigenvalue weighted by Crippen LogP contribution is 2.55. The van der Waals surface area contributed by atoms with E-state index in [4.69, 9.17) is 9.72 Å². The molecule has 7 aromatic rings. The van der Waals surface area contributed by atoms with E-state index in [2.05, 4.69) is 114 Å². The highest BCUT2D eigenvalue weighted by Gasteiger charge is 2.55. The number of rotatable bonds is 8. The Hall–Kier alpha value is -5.42. The number of carbonyl (C=O) groups is 1. The van der Waals surface area contributed by atoms with Crippen LogP contribution in [0.5, 0.6) is 0 Å². The van der Waals surface area contributed by atoms with Crippen molar-refractivity contribution in [2.45, 2.75) is 45.3 Å². The topological polar surface area (TPSA) is 48.5 Å². The minimum Gasteiger partial charge on any atom is -0.437 e. The van der Waals surface area contributed by atoms with Crippen LogP contribution in [0.2, 0.25) is 0 Å². The molecule has 0 radical (unpaired) electrons. The van der Waals surface area contributed by atoms with Crippen molar-refractivity contribution in [2.75, 3.05) is 0 Å². The van der Waals surface area contributed by atoms with E-state index in [1.165, 1.54) is 0 Å². The van der Waals surface area contributed by atoms with Crippen molar-refractivity contribution in [3.8, 4) is 22.3 Å². The molecule has 0 fully saturated rings. The van der Waals surface area contributed by atoms with Gasteiger partial charge >= 0.3 is 5.97 Å². The van der Waals surface area contributed by atoms with Crippen LogP contribution in [0.1, 0.15) is 59.2 Å². The summed E-state index contributed by atoms with van der Waals surface area (Å²) < 4.78 is 11.5. The Kier molecular flexibility index (Phi) is 6.83. The summed E-state index contributed by atoms with van der Waals surface area (Å²) in [7, 11) is 0. The number of para-hydroxylation sites is 1. The van der Waals surface area contributed by atoms with Gasteiger partial charge in [0.15, 0.2) is 0 Å². The number of pyridine rings is 2. The molecule has 1 aliphatic heterocycles. The van der Waals surface area contributed by atoms with Crippen LogP contribution in [-0.2, 0) is 16.9 Å². The van der Waals surface area contributed by atoms with Crippen molar-refractivity contribution < 1.29 is 9.53 Å². The van der Waals surface area contributed by atoms with Crippen molar-refractivity contribution in [2.24, 2.45) is 0 Å². The number of fused-ring (bicyclic) bond motifs is 3. The van der Waals surface area contributed by atoms with E-state index in [-0.39, 0.29) is 5.97 Å². The minimum atomic E-state index is -1.32. The van der Waals surface area contributed by atoms with Crippen LogP contribution in [0, 0.1) is 6.92 Å². The third-order valence-corrected chi connectivity index (χ3v) is 9.48. The number of benzene rings is 3. The van der Waals surface area contributed by atoms with Crippen molar-refractivity contribution in [3.05, 3.63) is 156 Å². The number of aromatic nitrogens is 3. The van der Waals surface area contributed by atoms with Crippen molar-refractivity contribution in [1.82, 2.24) is 14.0 Å². The molecule has 1 aliphatic rings. The predicted octanol–water partition coefficient (Wildman–Crippen LogP) is 9.58. The second-order valence-corrected chi connectivity index (χ2v) is 12.1. The van der Waals surface area contributed by atoms with E-state index in [9.17, 15) is 4.79 Å². The maximum Gasteiger partial charge on any atom is 0.341 e. The number of unbranched alkanes of at least 4 members (excludes halogenated alkanes) is 2. The largest absolute Gasteiger partial charge is 0.437 e. The van der Waals surface area contributed by atoms with Gasteiger partial charge < -0.3 is 13.7 Å².